The summed E-state index contributed by atoms with van der Waals surface area (Å²) in [6.07, 6.45) is 4.70. The van der Waals surface area contributed by atoms with Gasteiger partial charge < -0.3 is 5.73 Å². The molecule has 0 saturated heterocycles. The molecule has 6 nitrogen and oxygen atoms in total. The Labute approximate surface area is 116 Å². The summed E-state index contributed by atoms with van der Waals surface area (Å²) in [5, 5.41) is 4.21. The highest BCUT2D eigenvalue weighted by molar-refractivity contribution is 9.10. The summed E-state index contributed by atoms with van der Waals surface area (Å²) in [5.41, 5.74) is 7.70. The van der Waals surface area contributed by atoms with Gasteiger partial charge in [0.2, 0.25) is 0 Å². The van der Waals surface area contributed by atoms with E-state index >= 15 is 0 Å². The summed E-state index contributed by atoms with van der Waals surface area (Å²) in [4.78, 5) is 16.0. The van der Waals surface area contributed by atoms with Gasteiger partial charge in [0.15, 0.2) is 5.65 Å². The van der Waals surface area contributed by atoms with Crippen LogP contribution >= 0.6 is 15.9 Å². The number of rotatable bonds is 2. The van der Waals surface area contributed by atoms with E-state index in [4.69, 9.17) is 5.73 Å². The highest BCUT2D eigenvalue weighted by atomic mass is 79.9. The number of nitrogens with two attached hydrogens (primary N) is 1. The van der Waals surface area contributed by atoms with E-state index in [1.54, 1.807) is 18.6 Å². The molecule has 0 aliphatic rings. The quantitative estimate of drug-likeness (QED) is 0.722. The Kier molecular flexibility index (Phi) is 2.83. The summed E-state index contributed by atoms with van der Waals surface area (Å²) < 4.78 is 3.68. The molecule has 0 spiro atoms. The predicted molar refractivity (Wildman–Crippen MR) is 74.9 cm³/mol. The monoisotopic (exact) mass is 319 g/mol. The van der Waals surface area contributed by atoms with Crippen molar-refractivity contribution in [1.82, 2.24) is 19.2 Å². The molecule has 19 heavy (non-hydrogen) atoms. The summed E-state index contributed by atoms with van der Waals surface area (Å²) in [6, 6.07) is 5.57. The van der Waals surface area contributed by atoms with Gasteiger partial charge in [0.1, 0.15) is 0 Å². The van der Waals surface area contributed by atoms with E-state index in [1.165, 1.54) is 9.08 Å². The van der Waals surface area contributed by atoms with Gasteiger partial charge in [0, 0.05) is 22.6 Å². The number of anilines is 1. The molecule has 0 saturated carbocycles. The van der Waals surface area contributed by atoms with Crippen molar-refractivity contribution in [2.24, 2.45) is 0 Å². The Bertz CT molecular complexity index is 807. The normalized spacial score (nSPS) is 11.0. The highest BCUT2D eigenvalue weighted by Crippen LogP contribution is 2.20. The van der Waals surface area contributed by atoms with E-state index in [2.05, 4.69) is 26.0 Å². The van der Waals surface area contributed by atoms with Crippen LogP contribution in [0.3, 0.4) is 0 Å². The lowest BCUT2D eigenvalue weighted by Crippen LogP contribution is -2.21. The summed E-state index contributed by atoms with van der Waals surface area (Å²) in [7, 11) is 0. The van der Waals surface area contributed by atoms with E-state index in [0.717, 1.165) is 10.0 Å². The van der Waals surface area contributed by atoms with Gasteiger partial charge in [0.25, 0.3) is 0 Å². The maximum Gasteiger partial charge on any atom is 0.350 e. The minimum Gasteiger partial charge on any atom is -0.398 e. The number of nitrogens with zero attached hydrogens (tertiary/aromatic N) is 4. The van der Waals surface area contributed by atoms with Crippen LogP contribution < -0.4 is 11.4 Å². The van der Waals surface area contributed by atoms with Gasteiger partial charge >= 0.3 is 5.69 Å². The van der Waals surface area contributed by atoms with Crippen molar-refractivity contribution in [3.8, 4) is 0 Å². The fraction of sp³-hybridized carbons (Fsp3) is 0.0833. The van der Waals surface area contributed by atoms with E-state index < -0.39 is 0 Å². The zero-order valence-electron chi connectivity index (χ0n) is 9.82. The van der Waals surface area contributed by atoms with Crippen LogP contribution in [0.4, 0.5) is 5.69 Å². The van der Waals surface area contributed by atoms with Gasteiger partial charge in [-0.05, 0) is 33.6 Å². The second kappa shape index (κ2) is 4.51. The van der Waals surface area contributed by atoms with Crippen LogP contribution in [0.5, 0.6) is 0 Å². The Morgan fingerprint density at radius 1 is 1.37 bits per heavy atom. The van der Waals surface area contributed by atoms with Crippen molar-refractivity contribution in [3.63, 3.8) is 0 Å². The van der Waals surface area contributed by atoms with Gasteiger partial charge in [-0.1, -0.05) is 6.07 Å². The standard InChI is InChI=1S/C12H10BrN5O/c13-9-2-1-8(5-10(9)14)7-18-12(19)17-4-3-15-6-11(17)16-18/h1-6H,7,14H2. The van der Waals surface area contributed by atoms with Crippen LogP contribution in [0, 0.1) is 0 Å². The molecule has 0 aliphatic carbocycles. The highest BCUT2D eigenvalue weighted by Gasteiger charge is 2.07. The number of benzene rings is 1. The zero-order chi connectivity index (χ0) is 13.4. The van der Waals surface area contributed by atoms with E-state index in [-0.39, 0.29) is 5.69 Å². The molecular formula is C12H10BrN5O. The van der Waals surface area contributed by atoms with Crippen LogP contribution in [0.15, 0.2) is 46.1 Å². The second-order valence-corrected chi connectivity index (χ2v) is 4.95. The molecule has 0 aliphatic heterocycles. The van der Waals surface area contributed by atoms with Gasteiger partial charge in [0.05, 0.1) is 12.7 Å². The van der Waals surface area contributed by atoms with Crippen LogP contribution in [0.2, 0.25) is 0 Å². The van der Waals surface area contributed by atoms with Gasteiger partial charge in [-0.2, -0.15) is 0 Å². The Morgan fingerprint density at radius 3 is 2.95 bits per heavy atom. The molecule has 0 bridgehead atoms. The maximum absolute atomic E-state index is 12.1. The molecule has 0 amide bonds. The lowest BCUT2D eigenvalue weighted by atomic mass is 10.2. The molecule has 0 fully saturated rings. The predicted octanol–water partition coefficient (Wildman–Crippen LogP) is 1.28. The third kappa shape index (κ3) is 2.12. The molecule has 7 heteroatoms. The first-order chi connectivity index (χ1) is 9.15. The summed E-state index contributed by atoms with van der Waals surface area (Å²) >= 11 is 3.34. The van der Waals surface area contributed by atoms with Crippen LogP contribution in [-0.4, -0.2) is 19.2 Å². The zero-order valence-corrected chi connectivity index (χ0v) is 11.4. The number of hydrogen-bond acceptors (Lipinski definition) is 4. The maximum atomic E-state index is 12.1. The summed E-state index contributed by atoms with van der Waals surface area (Å²) in [6.45, 7) is 0.373. The van der Waals surface area contributed by atoms with Crippen molar-refractivity contribution in [2.75, 3.05) is 5.73 Å². The number of aromatic nitrogens is 4. The van der Waals surface area contributed by atoms with Gasteiger partial charge in [-0.15, -0.1) is 5.10 Å². The molecule has 0 unspecified atom stereocenters. The third-order valence-corrected chi connectivity index (χ3v) is 3.50. The molecule has 0 radical (unpaired) electrons. The van der Waals surface area contributed by atoms with Crippen molar-refractivity contribution >= 4 is 27.3 Å². The van der Waals surface area contributed by atoms with Crippen molar-refractivity contribution in [3.05, 3.63) is 57.3 Å². The minimum absolute atomic E-state index is 0.195. The van der Waals surface area contributed by atoms with Crippen molar-refractivity contribution < 1.29 is 0 Å². The average Bonchev–Trinajstić information content (AvgIpc) is 2.72. The Morgan fingerprint density at radius 2 is 2.21 bits per heavy atom. The van der Waals surface area contributed by atoms with E-state index in [1.807, 2.05) is 18.2 Å². The van der Waals surface area contributed by atoms with Crippen molar-refractivity contribution in [1.29, 1.82) is 0 Å². The van der Waals surface area contributed by atoms with Crippen LogP contribution in [-0.2, 0) is 6.54 Å². The molecule has 96 valence electrons. The van der Waals surface area contributed by atoms with E-state index in [9.17, 15) is 4.79 Å². The number of fused-ring (bicyclic) bond motifs is 1. The first-order valence-electron chi connectivity index (χ1n) is 5.58. The first kappa shape index (κ1) is 11.9. The topological polar surface area (TPSA) is 78.2 Å². The molecule has 2 heterocycles. The molecular weight excluding hydrogens is 310 g/mol. The van der Waals surface area contributed by atoms with Gasteiger partial charge in [-0.3, -0.25) is 4.98 Å². The molecule has 3 aromatic rings. The second-order valence-electron chi connectivity index (χ2n) is 4.10. The lowest BCUT2D eigenvalue weighted by Gasteiger charge is -2.03. The minimum atomic E-state index is -0.195. The molecule has 1 aromatic carbocycles. The van der Waals surface area contributed by atoms with Gasteiger partial charge in [-0.25, -0.2) is 13.9 Å². The summed E-state index contributed by atoms with van der Waals surface area (Å²) in [5.74, 6) is 0. The SMILES string of the molecule is Nc1cc(Cn2nc3cnccn3c2=O)ccc1Br. The Balaban J connectivity index is 2.03. The molecule has 2 N–H and O–H groups in total. The van der Waals surface area contributed by atoms with Crippen molar-refractivity contribution in [2.45, 2.75) is 6.54 Å². The average molecular weight is 320 g/mol. The van der Waals surface area contributed by atoms with Crippen LogP contribution in [0.1, 0.15) is 5.56 Å². The first-order valence-corrected chi connectivity index (χ1v) is 6.37. The fourth-order valence-electron chi connectivity index (χ4n) is 1.85. The molecule has 2 aromatic heterocycles. The number of hydrogen-bond donors (Lipinski definition) is 1. The largest absolute Gasteiger partial charge is 0.398 e. The fourth-order valence-corrected chi connectivity index (χ4v) is 2.09. The smallest absolute Gasteiger partial charge is 0.350 e. The van der Waals surface area contributed by atoms with Crippen LogP contribution in [0.25, 0.3) is 5.65 Å². The lowest BCUT2D eigenvalue weighted by molar-refractivity contribution is 0.659. The number of halogens is 1. The molecule has 0 atom stereocenters. The van der Waals surface area contributed by atoms with E-state index in [0.29, 0.717) is 17.9 Å². The molecule has 3 rings (SSSR count). The third-order valence-electron chi connectivity index (χ3n) is 2.78. The number of nitrogen functional groups attached to an aromatic ring is 1. The Hall–Kier alpha value is -2.15.